The lowest BCUT2D eigenvalue weighted by Crippen LogP contribution is -2.33. The molecule has 0 fully saturated rings. The van der Waals surface area contributed by atoms with E-state index in [2.05, 4.69) is 29.3 Å². The first-order valence-electron chi connectivity index (χ1n) is 6.24. The fraction of sp³-hybridized carbons (Fsp3) is 0.571. The SMILES string of the molecule is CNC(C)c1ccccc1N(C)CC(O)COC. The number of aliphatic hydroxyl groups is 1. The first-order valence-corrected chi connectivity index (χ1v) is 6.24. The van der Waals surface area contributed by atoms with Crippen LogP contribution in [-0.4, -0.2) is 45.6 Å². The molecule has 1 aromatic carbocycles. The summed E-state index contributed by atoms with van der Waals surface area (Å²) >= 11 is 0. The third-order valence-electron chi connectivity index (χ3n) is 3.09. The Morgan fingerprint density at radius 3 is 2.67 bits per heavy atom. The number of ether oxygens (including phenoxy) is 1. The van der Waals surface area contributed by atoms with Gasteiger partial charge in [0, 0.05) is 32.4 Å². The Morgan fingerprint density at radius 2 is 2.06 bits per heavy atom. The number of hydrogen-bond donors (Lipinski definition) is 2. The van der Waals surface area contributed by atoms with E-state index >= 15 is 0 Å². The van der Waals surface area contributed by atoms with E-state index in [-0.39, 0.29) is 6.04 Å². The van der Waals surface area contributed by atoms with Gasteiger partial charge >= 0.3 is 0 Å². The number of nitrogens with zero attached hydrogens (tertiary/aromatic N) is 1. The summed E-state index contributed by atoms with van der Waals surface area (Å²) in [7, 11) is 5.53. The minimum atomic E-state index is -0.474. The van der Waals surface area contributed by atoms with Crippen LogP contribution in [0.1, 0.15) is 18.5 Å². The number of para-hydroxylation sites is 1. The van der Waals surface area contributed by atoms with Crippen molar-refractivity contribution in [2.45, 2.75) is 19.1 Å². The van der Waals surface area contributed by atoms with Crippen molar-refractivity contribution in [3.63, 3.8) is 0 Å². The van der Waals surface area contributed by atoms with Crippen molar-refractivity contribution < 1.29 is 9.84 Å². The van der Waals surface area contributed by atoms with E-state index in [0.717, 1.165) is 5.69 Å². The molecule has 0 aromatic heterocycles. The summed E-state index contributed by atoms with van der Waals surface area (Å²) in [6.07, 6.45) is -0.474. The van der Waals surface area contributed by atoms with Crippen LogP contribution in [-0.2, 0) is 4.74 Å². The molecule has 2 atom stereocenters. The molecule has 0 saturated carbocycles. The quantitative estimate of drug-likeness (QED) is 0.770. The highest BCUT2D eigenvalue weighted by Crippen LogP contribution is 2.25. The Labute approximate surface area is 110 Å². The minimum absolute atomic E-state index is 0.281. The van der Waals surface area contributed by atoms with Gasteiger partial charge < -0.3 is 20.1 Å². The number of hydrogen-bond acceptors (Lipinski definition) is 4. The molecular weight excluding hydrogens is 228 g/mol. The zero-order valence-corrected chi connectivity index (χ0v) is 11.7. The maximum atomic E-state index is 9.79. The zero-order chi connectivity index (χ0) is 13.5. The first-order chi connectivity index (χ1) is 8.60. The van der Waals surface area contributed by atoms with E-state index in [4.69, 9.17) is 4.74 Å². The summed E-state index contributed by atoms with van der Waals surface area (Å²) in [4.78, 5) is 2.06. The van der Waals surface area contributed by atoms with E-state index in [9.17, 15) is 5.11 Å². The van der Waals surface area contributed by atoms with Crippen LogP contribution in [0.2, 0.25) is 0 Å². The lowest BCUT2D eigenvalue weighted by molar-refractivity contribution is 0.0695. The van der Waals surface area contributed by atoms with Gasteiger partial charge in [-0.1, -0.05) is 18.2 Å². The summed E-state index contributed by atoms with van der Waals surface area (Å²) in [5, 5.41) is 13.0. The van der Waals surface area contributed by atoms with Crippen molar-refractivity contribution in [2.24, 2.45) is 0 Å². The fourth-order valence-corrected chi connectivity index (χ4v) is 2.02. The minimum Gasteiger partial charge on any atom is -0.389 e. The van der Waals surface area contributed by atoms with Gasteiger partial charge in [0.1, 0.15) is 0 Å². The third kappa shape index (κ3) is 3.98. The van der Waals surface area contributed by atoms with E-state index < -0.39 is 6.10 Å². The molecule has 102 valence electrons. The van der Waals surface area contributed by atoms with Gasteiger partial charge in [0.25, 0.3) is 0 Å². The van der Waals surface area contributed by atoms with Crippen molar-refractivity contribution in [2.75, 3.05) is 39.3 Å². The van der Waals surface area contributed by atoms with Gasteiger partial charge in [-0.05, 0) is 25.6 Å². The topological polar surface area (TPSA) is 44.7 Å². The average Bonchev–Trinajstić information content (AvgIpc) is 2.38. The summed E-state index contributed by atoms with van der Waals surface area (Å²) in [5.74, 6) is 0. The maximum Gasteiger partial charge on any atom is 0.0947 e. The second kappa shape index (κ2) is 7.36. The highest BCUT2D eigenvalue weighted by Gasteiger charge is 2.14. The Hall–Kier alpha value is -1.10. The Kier molecular flexibility index (Phi) is 6.12. The number of aliphatic hydroxyl groups excluding tert-OH is 1. The highest BCUT2D eigenvalue weighted by molar-refractivity contribution is 5.54. The largest absolute Gasteiger partial charge is 0.389 e. The van der Waals surface area contributed by atoms with Crippen molar-refractivity contribution in [1.82, 2.24) is 5.32 Å². The van der Waals surface area contributed by atoms with Crippen LogP contribution in [0.4, 0.5) is 5.69 Å². The molecule has 0 saturated heterocycles. The molecule has 0 aliphatic heterocycles. The highest BCUT2D eigenvalue weighted by atomic mass is 16.5. The van der Waals surface area contributed by atoms with Crippen LogP contribution in [0, 0.1) is 0 Å². The van der Waals surface area contributed by atoms with Crippen LogP contribution in [0.3, 0.4) is 0 Å². The average molecular weight is 252 g/mol. The standard InChI is InChI=1S/C14H24N2O2/c1-11(15-2)13-7-5-6-8-14(13)16(3)9-12(17)10-18-4/h5-8,11-12,15,17H,9-10H2,1-4H3. The van der Waals surface area contributed by atoms with Gasteiger partial charge in [-0.15, -0.1) is 0 Å². The Balaban J connectivity index is 2.81. The molecule has 0 heterocycles. The van der Waals surface area contributed by atoms with Gasteiger partial charge in [0.2, 0.25) is 0 Å². The van der Waals surface area contributed by atoms with E-state index in [0.29, 0.717) is 13.2 Å². The first kappa shape index (κ1) is 15.0. The Morgan fingerprint density at radius 1 is 1.39 bits per heavy atom. The molecule has 0 radical (unpaired) electrons. The van der Waals surface area contributed by atoms with E-state index in [1.165, 1.54) is 5.56 Å². The van der Waals surface area contributed by atoms with E-state index in [1.54, 1.807) is 7.11 Å². The second-order valence-corrected chi connectivity index (χ2v) is 4.56. The van der Waals surface area contributed by atoms with E-state index in [1.807, 2.05) is 26.2 Å². The number of nitrogens with one attached hydrogen (secondary N) is 1. The molecule has 0 bridgehead atoms. The van der Waals surface area contributed by atoms with Gasteiger partial charge in [-0.3, -0.25) is 0 Å². The summed E-state index contributed by atoms with van der Waals surface area (Å²) < 4.78 is 4.95. The van der Waals surface area contributed by atoms with Crippen LogP contribution in [0.25, 0.3) is 0 Å². The summed E-state index contributed by atoms with van der Waals surface area (Å²) in [6.45, 7) is 3.04. The number of methoxy groups -OCH3 is 1. The number of anilines is 1. The summed E-state index contributed by atoms with van der Waals surface area (Å²) in [6, 6.07) is 8.51. The van der Waals surface area contributed by atoms with Crippen molar-refractivity contribution >= 4 is 5.69 Å². The molecule has 0 amide bonds. The smallest absolute Gasteiger partial charge is 0.0947 e. The molecular formula is C14H24N2O2. The fourth-order valence-electron chi connectivity index (χ4n) is 2.02. The lowest BCUT2D eigenvalue weighted by Gasteiger charge is -2.26. The molecule has 4 nitrogen and oxygen atoms in total. The molecule has 1 rings (SSSR count). The molecule has 18 heavy (non-hydrogen) atoms. The normalized spacial score (nSPS) is 14.3. The maximum absolute atomic E-state index is 9.79. The molecule has 1 aromatic rings. The molecule has 2 unspecified atom stereocenters. The van der Waals surface area contributed by atoms with Gasteiger partial charge in [-0.25, -0.2) is 0 Å². The van der Waals surface area contributed by atoms with Crippen molar-refractivity contribution in [3.05, 3.63) is 29.8 Å². The zero-order valence-electron chi connectivity index (χ0n) is 11.7. The number of likely N-dealkylation sites (N-methyl/N-ethyl adjacent to an activating group) is 1. The summed E-state index contributed by atoms with van der Waals surface area (Å²) in [5.41, 5.74) is 2.36. The number of benzene rings is 1. The van der Waals surface area contributed by atoms with Crippen LogP contribution < -0.4 is 10.2 Å². The van der Waals surface area contributed by atoms with Crippen LogP contribution in [0.5, 0.6) is 0 Å². The van der Waals surface area contributed by atoms with Crippen molar-refractivity contribution in [3.8, 4) is 0 Å². The van der Waals surface area contributed by atoms with Crippen molar-refractivity contribution in [1.29, 1.82) is 0 Å². The van der Waals surface area contributed by atoms with Gasteiger partial charge in [0.05, 0.1) is 12.7 Å². The van der Waals surface area contributed by atoms with Gasteiger partial charge in [0.15, 0.2) is 0 Å². The molecule has 0 spiro atoms. The second-order valence-electron chi connectivity index (χ2n) is 4.56. The van der Waals surface area contributed by atoms with Gasteiger partial charge in [-0.2, -0.15) is 0 Å². The number of rotatable bonds is 7. The molecule has 0 aliphatic rings. The monoisotopic (exact) mass is 252 g/mol. The molecule has 2 N–H and O–H groups in total. The predicted octanol–water partition coefficient (Wildman–Crippen LogP) is 1.41. The predicted molar refractivity (Wildman–Crippen MR) is 75.1 cm³/mol. The van der Waals surface area contributed by atoms with Crippen LogP contribution in [0.15, 0.2) is 24.3 Å². The van der Waals surface area contributed by atoms with Crippen LogP contribution >= 0.6 is 0 Å². The lowest BCUT2D eigenvalue weighted by atomic mass is 10.1. The third-order valence-corrected chi connectivity index (χ3v) is 3.09. The molecule has 0 aliphatic carbocycles. The Bertz CT molecular complexity index is 357. The molecule has 4 heteroatoms.